The Bertz CT molecular complexity index is 726. The smallest absolute Gasteiger partial charge is 0.255 e. The molecule has 3 rings (SSSR count). The van der Waals surface area contributed by atoms with Gasteiger partial charge in [-0.1, -0.05) is 12.1 Å². The molecule has 1 amide bonds. The average molecular weight is 434 g/mol. The first-order valence-electron chi connectivity index (χ1n) is 8.22. The van der Waals surface area contributed by atoms with Gasteiger partial charge in [0, 0.05) is 28.6 Å². The van der Waals surface area contributed by atoms with Gasteiger partial charge in [0.05, 0.1) is 16.3 Å². The number of amides is 1. The van der Waals surface area contributed by atoms with Gasteiger partial charge in [-0.15, -0.1) is 47.9 Å². The molecule has 4 nitrogen and oxygen atoms in total. The molecule has 1 aliphatic rings. The Morgan fingerprint density at radius 3 is 2.73 bits per heavy atom. The highest BCUT2D eigenvalue weighted by Crippen LogP contribution is 2.30. The molecule has 1 aromatic heterocycles. The summed E-state index contributed by atoms with van der Waals surface area (Å²) in [6.45, 7) is 5.54. The lowest BCUT2D eigenvalue weighted by atomic mass is 10.1. The van der Waals surface area contributed by atoms with Crippen molar-refractivity contribution < 1.29 is 4.79 Å². The van der Waals surface area contributed by atoms with Crippen LogP contribution in [-0.2, 0) is 5.75 Å². The summed E-state index contributed by atoms with van der Waals surface area (Å²) in [6, 6.07) is 8.13. The Kier molecular flexibility index (Phi) is 9.41. The Morgan fingerprint density at radius 2 is 2.12 bits per heavy atom. The van der Waals surface area contributed by atoms with E-state index in [0.717, 1.165) is 39.9 Å². The summed E-state index contributed by atoms with van der Waals surface area (Å²) >= 11 is 3.34. The first-order valence-corrected chi connectivity index (χ1v) is 10.1. The van der Waals surface area contributed by atoms with Crippen LogP contribution in [0.5, 0.6) is 0 Å². The molecule has 1 aliphatic heterocycles. The molecule has 0 bridgehead atoms. The van der Waals surface area contributed by atoms with Gasteiger partial charge in [0.1, 0.15) is 0 Å². The van der Waals surface area contributed by atoms with Gasteiger partial charge >= 0.3 is 0 Å². The van der Waals surface area contributed by atoms with E-state index in [1.165, 1.54) is 0 Å². The van der Waals surface area contributed by atoms with E-state index in [1.54, 1.807) is 23.1 Å². The fourth-order valence-electron chi connectivity index (χ4n) is 3.15. The molecule has 26 heavy (non-hydrogen) atoms. The molecule has 1 saturated heterocycles. The van der Waals surface area contributed by atoms with Gasteiger partial charge in [0.2, 0.25) is 0 Å². The molecule has 0 spiro atoms. The van der Waals surface area contributed by atoms with Crippen LogP contribution in [0.1, 0.15) is 34.4 Å². The lowest BCUT2D eigenvalue weighted by Crippen LogP contribution is -2.34. The Morgan fingerprint density at radius 1 is 1.38 bits per heavy atom. The van der Waals surface area contributed by atoms with Gasteiger partial charge in [-0.2, -0.15) is 0 Å². The zero-order chi connectivity index (χ0) is 17.1. The summed E-state index contributed by atoms with van der Waals surface area (Å²) in [4.78, 5) is 20.5. The minimum absolute atomic E-state index is 0. The van der Waals surface area contributed by atoms with E-state index >= 15 is 0 Å². The predicted octanol–water partition coefficient (Wildman–Crippen LogP) is 4.40. The summed E-state index contributed by atoms with van der Waals surface area (Å²) in [5.74, 6) is 1.33. The summed E-state index contributed by atoms with van der Waals surface area (Å²) in [6.07, 6.45) is 0.996. The molecule has 144 valence electrons. The second kappa shape index (κ2) is 10.5. The fraction of sp³-hybridized carbons (Fsp3) is 0.444. The second-order valence-electron chi connectivity index (χ2n) is 6.29. The lowest BCUT2D eigenvalue weighted by molar-refractivity contribution is 0.0740. The number of aromatic nitrogens is 1. The number of likely N-dealkylation sites (tertiary alicyclic amines) is 1. The number of carbonyl (C=O) groups is 1. The van der Waals surface area contributed by atoms with Crippen LogP contribution in [0.3, 0.4) is 0 Å². The molecule has 1 aromatic carbocycles. The number of thiazole rings is 1. The van der Waals surface area contributed by atoms with E-state index in [0.29, 0.717) is 12.5 Å². The van der Waals surface area contributed by atoms with E-state index in [1.807, 2.05) is 36.1 Å². The van der Waals surface area contributed by atoms with Crippen LogP contribution in [0.25, 0.3) is 0 Å². The molecule has 0 radical (unpaired) electrons. The third-order valence-corrected chi connectivity index (χ3v) is 6.34. The molecule has 8 heteroatoms. The predicted molar refractivity (Wildman–Crippen MR) is 115 cm³/mol. The van der Waals surface area contributed by atoms with Crippen molar-refractivity contribution in [3.8, 4) is 0 Å². The summed E-state index contributed by atoms with van der Waals surface area (Å²) in [5, 5.41) is 3.16. The highest BCUT2D eigenvalue weighted by Gasteiger charge is 2.32. The van der Waals surface area contributed by atoms with Crippen molar-refractivity contribution >= 4 is 53.8 Å². The quantitative estimate of drug-likeness (QED) is 0.709. The van der Waals surface area contributed by atoms with Crippen LogP contribution in [0, 0.1) is 12.8 Å². The van der Waals surface area contributed by atoms with E-state index in [9.17, 15) is 4.79 Å². The van der Waals surface area contributed by atoms with E-state index in [4.69, 9.17) is 5.73 Å². The van der Waals surface area contributed by atoms with Crippen molar-refractivity contribution in [2.75, 3.05) is 13.1 Å². The third kappa shape index (κ3) is 5.36. The van der Waals surface area contributed by atoms with Gasteiger partial charge in [0.25, 0.3) is 5.91 Å². The molecule has 0 saturated carbocycles. The number of halogens is 2. The topological polar surface area (TPSA) is 59.2 Å². The third-order valence-electron chi connectivity index (χ3n) is 4.42. The molecular weight excluding hydrogens is 409 g/mol. The van der Waals surface area contributed by atoms with Crippen molar-refractivity contribution in [1.82, 2.24) is 9.88 Å². The van der Waals surface area contributed by atoms with Crippen LogP contribution < -0.4 is 5.73 Å². The van der Waals surface area contributed by atoms with Gasteiger partial charge < -0.3 is 10.6 Å². The number of benzene rings is 1. The molecule has 2 N–H and O–H groups in total. The monoisotopic (exact) mass is 433 g/mol. The minimum atomic E-state index is 0. The summed E-state index contributed by atoms with van der Waals surface area (Å²) in [7, 11) is 0. The van der Waals surface area contributed by atoms with Gasteiger partial charge in [-0.25, -0.2) is 4.98 Å². The average Bonchev–Trinajstić information content (AvgIpc) is 3.18. The number of rotatable bonds is 5. The van der Waals surface area contributed by atoms with Crippen molar-refractivity contribution in [3.05, 3.63) is 45.9 Å². The molecule has 2 heterocycles. The molecular formula is C18H25Cl2N3OS2. The molecule has 2 unspecified atom stereocenters. The van der Waals surface area contributed by atoms with E-state index in [-0.39, 0.29) is 36.8 Å². The Hall–Kier alpha value is -0.790. The summed E-state index contributed by atoms with van der Waals surface area (Å²) < 4.78 is 0. The van der Waals surface area contributed by atoms with Crippen LogP contribution in [0.15, 0.2) is 34.5 Å². The van der Waals surface area contributed by atoms with Gasteiger partial charge in [-0.05, 0) is 44.9 Å². The number of carbonyl (C=O) groups excluding carboxylic acids is 1. The van der Waals surface area contributed by atoms with Crippen molar-refractivity contribution in [2.45, 2.75) is 37.0 Å². The zero-order valence-electron chi connectivity index (χ0n) is 14.9. The van der Waals surface area contributed by atoms with Crippen LogP contribution in [-0.4, -0.2) is 34.9 Å². The Labute approximate surface area is 175 Å². The standard InChI is InChI=1S/C18H23N3OS2.2ClH/c1-12-7-14(8-19)9-21(12)18(22)16-5-3-4-6-17(16)24-11-15-10-23-13(2)20-15;;/h3-6,10,12,14H,7-9,11,19H2,1-2H3;2*1H. The Balaban J connectivity index is 0.00000169. The first kappa shape index (κ1) is 23.2. The normalized spacial score (nSPS) is 19.0. The number of hydrogen-bond acceptors (Lipinski definition) is 5. The SMILES string of the molecule is Cc1nc(CSc2ccccc2C(=O)N2CC(CN)CC2C)cs1.Cl.Cl. The van der Waals surface area contributed by atoms with Crippen LogP contribution in [0.4, 0.5) is 0 Å². The van der Waals surface area contributed by atoms with Gasteiger partial charge in [-0.3, -0.25) is 4.79 Å². The molecule has 1 fully saturated rings. The minimum Gasteiger partial charge on any atom is -0.336 e. The largest absolute Gasteiger partial charge is 0.336 e. The van der Waals surface area contributed by atoms with Crippen LogP contribution in [0.2, 0.25) is 0 Å². The maximum absolute atomic E-state index is 13.0. The molecule has 2 aromatic rings. The van der Waals surface area contributed by atoms with Crippen molar-refractivity contribution in [1.29, 1.82) is 0 Å². The number of aryl methyl sites for hydroxylation is 1. The van der Waals surface area contributed by atoms with E-state index in [2.05, 4.69) is 17.3 Å². The maximum atomic E-state index is 13.0. The second-order valence-corrected chi connectivity index (χ2v) is 8.37. The van der Waals surface area contributed by atoms with Crippen LogP contribution >= 0.6 is 47.9 Å². The molecule has 2 atom stereocenters. The highest BCUT2D eigenvalue weighted by atomic mass is 35.5. The number of nitrogens with zero attached hydrogens (tertiary/aromatic N) is 2. The van der Waals surface area contributed by atoms with E-state index < -0.39 is 0 Å². The lowest BCUT2D eigenvalue weighted by Gasteiger charge is -2.22. The molecule has 0 aliphatic carbocycles. The maximum Gasteiger partial charge on any atom is 0.255 e. The van der Waals surface area contributed by atoms with Gasteiger partial charge in [0.15, 0.2) is 0 Å². The number of thioether (sulfide) groups is 1. The van der Waals surface area contributed by atoms with Crippen molar-refractivity contribution in [3.63, 3.8) is 0 Å². The number of nitrogens with two attached hydrogens (primary N) is 1. The first-order chi connectivity index (χ1) is 11.6. The highest BCUT2D eigenvalue weighted by molar-refractivity contribution is 7.98. The summed E-state index contributed by atoms with van der Waals surface area (Å²) in [5.41, 5.74) is 7.66. The fourth-order valence-corrected chi connectivity index (χ4v) is 4.80. The zero-order valence-corrected chi connectivity index (χ0v) is 18.1. The van der Waals surface area contributed by atoms with Crippen molar-refractivity contribution in [2.24, 2.45) is 11.7 Å². The number of hydrogen-bond donors (Lipinski definition) is 1.